The van der Waals surface area contributed by atoms with Crippen molar-refractivity contribution in [2.75, 3.05) is 31.6 Å². The fraction of sp³-hybridized carbons (Fsp3) is 0.333. The SMILES string of the molecule is COC(=O)c1ccc(N2CCN(Cc3cc(=O)oc4c(C)c(O)ccc34)C(C)C2)cc1. The van der Waals surface area contributed by atoms with Gasteiger partial charge >= 0.3 is 11.6 Å². The largest absolute Gasteiger partial charge is 0.508 e. The lowest BCUT2D eigenvalue weighted by Crippen LogP contribution is -2.51. The predicted molar refractivity (Wildman–Crippen MR) is 119 cm³/mol. The molecule has 1 saturated heterocycles. The van der Waals surface area contributed by atoms with E-state index in [0.717, 1.165) is 36.3 Å². The number of fused-ring (bicyclic) bond motifs is 1. The third-order valence-electron chi connectivity index (χ3n) is 6.01. The minimum Gasteiger partial charge on any atom is -0.508 e. The molecular weight excluding hydrogens is 396 g/mol. The summed E-state index contributed by atoms with van der Waals surface area (Å²) in [6, 6.07) is 12.7. The summed E-state index contributed by atoms with van der Waals surface area (Å²) in [5, 5.41) is 10.8. The second kappa shape index (κ2) is 8.43. The van der Waals surface area contributed by atoms with Crippen LogP contribution in [0.5, 0.6) is 5.75 Å². The molecule has 7 nitrogen and oxygen atoms in total. The number of anilines is 1. The number of carbonyl (C=O) groups excluding carboxylic acids is 1. The van der Waals surface area contributed by atoms with Crippen LogP contribution in [-0.4, -0.2) is 48.8 Å². The summed E-state index contributed by atoms with van der Waals surface area (Å²) >= 11 is 0. The molecule has 1 aromatic heterocycles. The zero-order chi connectivity index (χ0) is 22.1. The molecule has 1 unspecified atom stereocenters. The first-order valence-electron chi connectivity index (χ1n) is 10.3. The number of piperazine rings is 1. The monoisotopic (exact) mass is 422 g/mol. The van der Waals surface area contributed by atoms with Crippen LogP contribution in [0.4, 0.5) is 5.69 Å². The third kappa shape index (κ3) is 4.14. The van der Waals surface area contributed by atoms with Crippen LogP contribution < -0.4 is 10.5 Å². The Bertz CT molecular complexity index is 1170. The van der Waals surface area contributed by atoms with Gasteiger partial charge in [-0.1, -0.05) is 0 Å². The Hall–Kier alpha value is -3.32. The summed E-state index contributed by atoms with van der Waals surface area (Å²) in [5.41, 5.74) is 3.11. The van der Waals surface area contributed by atoms with Crippen LogP contribution in [0.2, 0.25) is 0 Å². The van der Waals surface area contributed by atoms with Gasteiger partial charge in [-0.25, -0.2) is 9.59 Å². The van der Waals surface area contributed by atoms with Gasteiger partial charge in [-0.2, -0.15) is 0 Å². The average molecular weight is 422 g/mol. The van der Waals surface area contributed by atoms with E-state index in [9.17, 15) is 14.7 Å². The molecule has 7 heteroatoms. The number of rotatable bonds is 4. The van der Waals surface area contributed by atoms with Gasteiger partial charge < -0.3 is 19.2 Å². The number of aromatic hydroxyl groups is 1. The lowest BCUT2D eigenvalue weighted by Gasteiger charge is -2.41. The molecule has 3 aromatic rings. The van der Waals surface area contributed by atoms with Crippen molar-refractivity contribution in [2.45, 2.75) is 26.4 Å². The number of nitrogens with zero attached hydrogens (tertiary/aromatic N) is 2. The zero-order valence-corrected chi connectivity index (χ0v) is 17.9. The van der Waals surface area contributed by atoms with E-state index >= 15 is 0 Å². The molecule has 0 saturated carbocycles. The van der Waals surface area contributed by atoms with Crippen LogP contribution in [0.3, 0.4) is 0 Å². The van der Waals surface area contributed by atoms with E-state index in [1.54, 1.807) is 37.3 Å². The number of aryl methyl sites for hydroxylation is 1. The fourth-order valence-electron chi connectivity index (χ4n) is 4.16. The van der Waals surface area contributed by atoms with Crippen molar-refractivity contribution in [3.05, 3.63) is 69.6 Å². The van der Waals surface area contributed by atoms with Gasteiger partial charge in [0.15, 0.2) is 0 Å². The van der Waals surface area contributed by atoms with Crippen LogP contribution in [0.25, 0.3) is 11.0 Å². The number of ether oxygens (including phenoxy) is 1. The highest BCUT2D eigenvalue weighted by Gasteiger charge is 2.25. The van der Waals surface area contributed by atoms with Crippen molar-refractivity contribution in [2.24, 2.45) is 0 Å². The normalized spacial score (nSPS) is 17.1. The number of esters is 1. The number of hydrogen-bond acceptors (Lipinski definition) is 7. The van der Waals surface area contributed by atoms with E-state index in [1.807, 2.05) is 12.1 Å². The van der Waals surface area contributed by atoms with Crippen LogP contribution in [0, 0.1) is 6.92 Å². The molecular formula is C24H26N2O5. The van der Waals surface area contributed by atoms with Crippen molar-refractivity contribution in [1.29, 1.82) is 0 Å². The van der Waals surface area contributed by atoms with Crippen molar-refractivity contribution < 1.29 is 19.1 Å². The van der Waals surface area contributed by atoms with E-state index < -0.39 is 5.63 Å². The number of hydrogen-bond donors (Lipinski definition) is 1. The Labute approximate surface area is 180 Å². The maximum atomic E-state index is 12.1. The highest BCUT2D eigenvalue weighted by molar-refractivity contribution is 5.89. The molecule has 1 atom stereocenters. The van der Waals surface area contributed by atoms with E-state index in [-0.39, 0.29) is 17.8 Å². The predicted octanol–water partition coefficient (Wildman–Crippen LogP) is 3.30. The average Bonchev–Trinajstić information content (AvgIpc) is 2.77. The molecule has 0 bridgehead atoms. The number of carbonyl (C=O) groups is 1. The first-order chi connectivity index (χ1) is 14.9. The Morgan fingerprint density at radius 2 is 1.94 bits per heavy atom. The Morgan fingerprint density at radius 1 is 1.19 bits per heavy atom. The molecule has 31 heavy (non-hydrogen) atoms. The molecule has 0 aliphatic carbocycles. The second-order valence-electron chi connectivity index (χ2n) is 7.98. The topological polar surface area (TPSA) is 83.2 Å². The number of benzene rings is 2. The third-order valence-corrected chi connectivity index (χ3v) is 6.01. The fourth-order valence-corrected chi connectivity index (χ4v) is 4.16. The molecule has 1 fully saturated rings. The quantitative estimate of drug-likeness (QED) is 0.510. The molecule has 4 rings (SSSR count). The van der Waals surface area contributed by atoms with Crippen LogP contribution in [-0.2, 0) is 11.3 Å². The van der Waals surface area contributed by atoms with Gasteiger partial charge in [0.25, 0.3) is 0 Å². The van der Waals surface area contributed by atoms with Gasteiger partial charge in [-0.05, 0) is 55.8 Å². The van der Waals surface area contributed by atoms with E-state index in [2.05, 4.69) is 16.7 Å². The minimum absolute atomic E-state index is 0.119. The summed E-state index contributed by atoms with van der Waals surface area (Å²) in [6.07, 6.45) is 0. The molecule has 2 heterocycles. The van der Waals surface area contributed by atoms with Crippen molar-refractivity contribution >= 4 is 22.6 Å². The van der Waals surface area contributed by atoms with Gasteiger partial charge in [-0.15, -0.1) is 0 Å². The summed E-state index contributed by atoms with van der Waals surface area (Å²) in [4.78, 5) is 28.4. The Balaban J connectivity index is 1.51. The molecule has 162 valence electrons. The smallest absolute Gasteiger partial charge is 0.337 e. The molecule has 0 radical (unpaired) electrons. The van der Waals surface area contributed by atoms with Crippen molar-refractivity contribution in [1.82, 2.24) is 4.90 Å². The van der Waals surface area contributed by atoms with Crippen molar-refractivity contribution in [3.63, 3.8) is 0 Å². The zero-order valence-electron chi connectivity index (χ0n) is 17.9. The summed E-state index contributed by atoms with van der Waals surface area (Å²) < 4.78 is 10.1. The number of phenols is 1. The molecule has 2 aromatic carbocycles. The first kappa shape index (κ1) is 20.9. The van der Waals surface area contributed by atoms with Gasteiger partial charge in [0.2, 0.25) is 0 Å². The Morgan fingerprint density at radius 3 is 2.61 bits per heavy atom. The second-order valence-corrected chi connectivity index (χ2v) is 7.98. The van der Waals surface area contributed by atoms with Gasteiger partial charge in [-0.3, -0.25) is 4.90 Å². The number of methoxy groups -OCH3 is 1. The first-order valence-corrected chi connectivity index (χ1v) is 10.3. The lowest BCUT2D eigenvalue weighted by atomic mass is 10.0. The summed E-state index contributed by atoms with van der Waals surface area (Å²) in [7, 11) is 1.38. The Kier molecular flexibility index (Phi) is 5.69. The van der Waals surface area contributed by atoms with Crippen molar-refractivity contribution in [3.8, 4) is 5.75 Å². The van der Waals surface area contributed by atoms with Crippen LogP contribution >= 0.6 is 0 Å². The van der Waals surface area contributed by atoms with Gasteiger partial charge in [0.05, 0.1) is 12.7 Å². The molecule has 1 aliphatic rings. The molecule has 1 aliphatic heterocycles. The minimum atomic E-state index is -0.409. The highest BCUT2D eigenvalue weighted by Crippen LogP contribution is 2.29. The van der Waals surface area contributed by atoms with E-state index in [1.165, 1.54) is 7.11 Å². The molecule has 1 N–H and O–H groups in total. The maximum Gasteiger partial charge on any atom is 0.337 e. The van der Waals surface area contributed by atoms with Crippen LogP contribution in [0.15, 0.2) is 51.7 Å². The van der Waals surface area contributed by atoms with E-state index in [0.29, 0.717) is 23.3 Å². The summed E-state index contributed by atoms with van der Waals surface area (Å²) in [5.74, 6) is -0.221. The van der Waals surface area contributed by atoms with E-state index in [4.69, 9.17) is 9.15 Å². The standard InChI is InChI=1S/C24H26N2O5/c1-15-13-26(19-6-4-17(5-7-19)24(29)30-3)11-10-25(15)14-18-12-22(28)31-23-16(2)21(27)9-8-20(18)23/h4-9,12,15,27H,10-11,13-14H2,1-3H3. The maximum absolute atomic E-state index is 12.1. The van der Waals surface area contributed by atoms with Gasteiger partial charge in [0.1, 0.15) is 11.3 Å². The molecule has 0 amide bonds. The number of phenolic OH excluding ortho intramolecular Hbond substituents is 1. The highest BCUT2D eigenvalue weighted by atomic mass is 16.5. The van der Waals surface area contributed by atoms with Crippen LogP contribution in [0.1, 0.15) is 28.4 Å². The molecule has 0 spiro atoms. The summed E-state index contributed by atoms with van der Waals surface area (Å²) in [6.45, 7) is 7.04. The van der Waals surface area contributed by atoms with Gasteiger partial charge in [0, 0.05) is 54.9 Å². The lowest BCUT2D eigenvalue weighted by molar-refractivity contribution is 0.0600.